The molecule has 21 heavy (non-hydrogen) atoms. The van der Waals surface area contributed by atoms with Crippen molar-refractivity contribution in [2.24, 2.45) is 11.8 Å². The summed E-state index contributed by atoms with van der Waals surface area (Å²) in [5.41, 5.74) is 2.48. The predicted molar refractivity (Wildman–Crippen MR) is 85.0 cm³/mol. The lowest BCUT2D eigenvalue weighted by molar-refractivity contribution is 0.254. The predicted octanol–water partition coefficient (Wildman–Crippen LogP) is 3.54. The highest BCUT2D eigenvalue weighted by atomic mass is 16.5. The van der Waals surface area contributed by atoms with E-state index in [1.165, 1.54) is 24.0 Å². The van der Waals surface area contributed by atoms with Gasteiger partial charge in [-0.15, -0.1) is 0 Å². The van der Waals surface area contributed by atoms with Crippen LogP contribution in [0.15, 0.2) is 12.1 Å². The molecule has 1 aromatic carbocycles. The molecule has 0 bridgehead atoms. The van der Waals surface area contributed by atoms with E-state index in [2.05, 4.69) is 38.2 Å². The average Bonchev–Trinajstić information content (AvgIpc) is 2.98. The van der Waals surface area contributed by atoms with Crippen molar-refractivity contribution in [2.45, 2.75) is 58.7 Å². The summed E-state index contributed by atoms with van der Waals surface area (Å²) >= 11 is 0. The zero-order chi connectivity index (χ0) is 15.0. The minimum Gasteiger partial charge on any atom is -0.496 e. The Morgan fingerprint density at radius 1 is 1.24 bits per heavy atom. The second-order valence-electron chi connectivity index (χ2n) is 6.81. The summed E-state index contributed by atoms with van der Waals surface area (Å²) in [4.78, 5) is 0. The van der Waals surface area contributed by atoms with Gasteiger partial charge in [-0.05, 0) is 43.7 Å². The van der Waals surface area contributed by atoms with Crippen LogP contribution in [0.5, 0.6) is 11.5 Å². The van der Waals surface area contributed by atoms with E-state index in [9.17, 15) is 0 Å². The molecule has 0 saturated heterocycles. The van der Waals surface area contributed by atoms with Gasteiger partial charge >= 0.3 is 0 Å². The summed E-state index contributed by atoms with van der Waals surface area (Å²) in [6.07, 6.45) is 3.88. The van der Waals surface area contributed by atoms with Crippen LogP contribution in [-0.4, -0.2) is 19.3 Å². The molecule has 3 rings (SSSR count). The summed E-state index contributed by atoms with van der Waals surface area (Å²) in [7, 11) is 1.75. The van der Waals surface area contributed by atoms with Gasteiger partial charge in [-0.3, -0.25) is 0 Å². The smallest absolute Gasteiger partial charge is 0.123 e. The van der Waals surface area contributed by atoms with Gasteiger partial charge in [-0.2, -0.15) is 0 Å². The van der Waals surface area contributed by atoms with Gasteiger partial charge < -0.3 is 14.8 Å². The first-order valence-corrected chi connectivity index (χ1v) is 8.18. The maximum absolute atomic E-state index is 5.87. The van der Waals surface area contributed by atoms with Crippen molar-refractivity contribution in [1.29, 1.82) is 0 Å². The number of methoxy groups -OCH3 is 1. The number of rotatable bonds is 4. The highest BCUT2D eigenvalue weighted by Crippen LogP contribution is 2.36. The van der Waals surface area contributed by atoms with Crippen LogP contribution >= 0.6 is 0 Å². The lowest BCUT2D eigenvalue weighted by Gasteiger charge is -2.20. The number of hydrogen-bond acceptors (Lipinski definition) is 3. The molecular formula is C18H27NO2. The lowest BCUT2D eigenvalue weighted by atomic mass is 9.97. The fourth-order valence-electron chi connectivity index (χ4n) is 3.70. The summed E-state index contributed by atoms with van der Waals surface area (Å²) in [6, 6.07) is 4.93. The van der Waals surface area contributed by atoms with Gasteiger partial charge in [0.2, 0.25) is 0 Å². The summed E-state index contributed by atoms with van der Waals surface area (Å²) in [5.74, 6) is 3.60. The first-order chi connectivity index (χ1) is 10.1. The Kier molecular flexibility index (Phi) is 4.12. The molecule has 4 unspecified atom stereocenters. The fraction of sp³-hybridized carbons (Fsp3) is 0.667. The SMILES string of the molecule is COc1cc2c(cc1CNC1CCC(C)C1C)OC(C)C2. The van der Waals surface area contributed by atoms with Gasteiger partial charge in [0, 0.05) is 30.1 Å². The molecule has 0 spiro atoms. The third-order valence-electron chi connectivity index (χ3n) is 5.32. The van der Waals surface area contributed by atoms with E-state index >= 15 is 0 Å². The number of ether oxygens (including phenoxy) is 2. The van der Waals surface area contributed by atoms with Gasteiger partial charge in [-0.25, -0.2) is 0 Å². The lowest BCUT2D eigenvalue weighted by Crippen LogP contribution is -2.32. The molecular weight excluding hydrogens is 262 g/mol. The Labute approximate surface area is 128 Å². The molecule has 0 aromatic heterocycles. The Hall–Kier alpha value is -1.22. The Bertz CT molecular complexity index is 514. The third kappa shape index (κ3) is 2.89. The molecule has 3 heteroatoms. The molecule has 1 aliphatic heterocycles. The van der Waals surface area contributed by atoms with Crippen molar-refractivity contribution in [2.75, 3.05) is 7.11 Å². The van der Waals surface area contributed by atoms with Crippen LogP contribution in [0.1, 0.15) is 44.7 Å². The number of nitrogens with one attached hydrogen (secondary N) is 1. The second-order valence-corrected chi connectivity index (χ2v) is 6.81. The van der Waals surface area contributed by atoms with Gasteiger partial charge in [0.15, 0.2) is 0 Å². The third-order valence-corrected chi connectivity index (χ3v) is 5.32. The van der Waals surface area contributed by atoms with Gasteiger partial charge in [0.05, 0.1) is 7.11 Å². The number of hydrogen-bond donors (Lipinski definition) is 1. The van der Waals surface area contributed by atoms with Crippen molar-refractivity contribution < 1.29 is 9.47 Å². The van der Waals surface area contributed by atoms with Crippen LogP contribution in [0.4, 0.5) is 0 Å². The zero-order valence-electron chi connectivity index (χ0n) is 13.6. The van der Waals surface area contributed by atoms with Crippen LogP contribution in [-0.2, 0) is 13.0 Å². The normalized spacial score (nSPS) is 31.0. The van der Waals surface area contributed by atoms with Crippen LogP contribution in [0, 0.1) is 11.8 Å². The van der Waals surface area contributed by atoms with E-state index in [-0.39, 0.29) is 6.10 Å². The van der Waals surface area contributed by atoms with Gasteiger partial charge in [0.25, 0.3) is 0 Å². The molecule has 3 nitrogen and oxygen atoms in total. The minimum absolute atomic E-state index is 0.281. The summed E-state index contributed by atoms with van der Waals surface area (Å²) in [5, 5.41) is 3.72. The van der Waals surface area contributed by atoms with Crippen molar-refractivity contribution >= 4 is 0 Å². The molecule has 1 aromatic rings. The van der Waals surface area contributed by atoms with E-state index < -0.39 is 0 Å². The summed E-state index contributed by atoms with van der Waals surface area (Å²) < 4.78 is 11.4. The molecule has 2 aliphatic rings. The highest BCUT2D eigenvalue weighted by molar-refractivity contribution is 5.48. The Morgan fingerprint density at radius 3 is 2.71 bits per heavy atom. The standard InChI is InChI=1S/C18H27NO2/c1-11-5-6-16(13(11)3)19-10-15-9-18-14(7-12(2)21-18)8-17(15)20-4/h8-9,11-13,16,19H,5-7,10H2,1-4H3. The zero-order valence-corrected chi connectivity index (χ0v) is 13.6. The monoisotopic (exact) mass is 289 g/mol. The summed E-state index contributed by atoms with van der Waals surface area (Å²) in [6.45, 7) is 7.69. The van der Waals surface area contributed by atoms with Crippen molar-refractivity contribution in [3.05, 3.63) is 23.3 Å². The molecule has 1 saturated carbocycles. The highest BCUT2D eigenvalue weighted by Gasteiger charge is 2.29. The van der Waals surface area contributed by atoms with Crippen molar-refractivity contribution in [3.8, 4) is 11.5 Å². The van der Waals surface area contributed by atoms with E-state index in [1.54, 1.807) is 7.11 Å². The van der Waals surface area contributed by atoms with Gasteiger partial charge in [0.1, 0.15) is 17.6 Å². The molecule has 0 radical (unpaired) electrons. The average molecular weight is 289 g/mol. The molecule has 116 valence electrons. The van der Waals surface area contributed by atoms with Gasteiger partial charge in [-0.1, -0.05) is 13.8 Å². The molecule has 0 amide bonds. The topological polar surface area (TPSA) is 30.5 Å². The first-order valence-electron chi connectivity index (χ1n) is 8.18. The second kappa shape index (κ2) is 5.88. The van der Waals surface area contributed by atoms with Crippen LogP contribution < -0.4 is 14.8 Å². The Balaban J connectivity index is 1.72. The maximum Gasteiger partial charge on any atom is 0.123 e. The van der Waals surface area contributed by atoms with Crippen LogP contribution in [0.25, 0.3) is 0 Å². The minimum atomic E-state index is 0.281. The van der Waals surface area contributed by atoms with Crippen LogP contribution in [0.2, 0.25) is 0 Å². The van der Waals surface area contributed by atoms with Crippen molar-refractivity contribution in [3.63, 3.8) is 0 Å². The molecule has 1 aliphatic carbocycles. The molecule has 1 N–H and O–H groups in total. The molecule has 4 atom stereocenters. The maximum atomic E-state index is 5.87. The molecule has 1 fully saturated rings. The fourth-order valence-corrected chi connectivity index (χ4v) is 3.70. The quantitative estimate of drug-likeness (QED) is 0.919. The van der Waals surface area contributed by atoms with E-state index in [4.69, 9.17) is 9.47 Å². The largest absolute Gasteiger partial charge is 0.496 e. The van der Waals surface area contributed by atoms with E-state index in [0.29, 0.717) is 6.04 Å². The number of benzene rings is 1. The number of fused-ring (bicyclic) bond motifs is 1. The van der Waals surface area contributed by atoms with E-state index in [1.807, 2.05) is 0 Å². The molecule has 1 heterocycles. The van der Waals surface area contributed by atoms with E-state index in [0.717, 1.165) is 36.3 Å². The first kappa shape index (κ1) is 14.7. The Morgan fingerprint density at radius 2 is 2.05 bits per heavy atom. The van der Waals surface area contributed by atoms with Crippen LogP contribution in [0.3, 0.4) is 0 Å². The van der Waals surface area contributed by atoms with Crippen molar-refractivity contribution in [1.82, 2.24) is 5.32 Å².